The molecule has 0 unspecified atom stereocenters. The van der Waals surface area contributed by atoms with Gasteiger partial charge in [-0.25, -0.2) is 5.48 Å². The van der Waals surface area contributed by atoms with Crippen molar-refractivity contribution in [1.29, 1.82) is 0 Å². The van der Waals surface area contributed by atoms with Crippen molar-refractivity contribution < 1.29 is 14.8 Å². The van der Waals surface area contributed by atoms with Crippen LogP contribution in [0.15, 0.2) is 36.4 Å². The zero-order valence-electron chi connectivity index (χ0n) is 16.2. The third-order valence-electron chi connectivity index (χ3n) is 5.58. The van der Waals surface area contributed by atoms with E-state index in [2.05, 4.69) is 4.90 Å². The van der Waals surface area contributed by atoms with Crippen molar-refractivity contribution in [1.82, 2.24) is 15.3 Å². The Morgan fingerprint density at radius 2 is 1.46 bits per heavy atom. The molecular weight excluding hydrogens is 354 g/mol. The van der Waals surface area contributed by atoms with E-state index in [1.807, 2.05) is 35.2 Å². The number of nitrogens with one attached hydrogen (secondary N) is 1. The zero-order valence-corrected chi connectivity index (χ0v) is 16.2. The highest BCUT2D eigenvalue weighted by Gasteiger charge is 2.26. The molecule has 0 saturated carbocycles. The highest BCUT2D eigenvalue weighted by molar-refractivity contribution is 5.92. The van der Waals surface area contributed by atoms with Gasteiger partial charge in [0.05, 0.1) is 0 Å². The molecule has 2 aliphatic rings. The molecule has 2 fully saturated rings. The van der Waals surface area contributed by atoms with E-state index in [-0.39, 0.29) is 5.91 Å². The topological polar surface area (TPSA) is 72.9 Å². The number of carbonyl (C=O) groups is 2. The molecule has 2 N–H and O–H groups in total. The van der Waals surface area contributed by atoms with Gasteiger partial charge < -0.3 is 9.80 Å². The van der Waals surface area contributed by atoms with Crippen LogP contribution in [0.25, 0.3) is 12.2 Å². The number of hydroxylamine groups is 1. The molecule has 3 rings (SSSR count). The van der Waals surface area contributed by atoms with E-state index >= 15 is 0 Å². The molecule has 0 bridgehead atoms. The first-order valence-electron chi connectivity index (χ1n) is 10.1. The summed E-state index contributed by atoms with van der Waals surface area (Å²) in [4.78, 5) is 28.0. The van der Waals surface area contributed by atoms with Crippen LogP contribution < -0.4 is 5.48 Å². The van der Waals surface area contributed by atoms with Crippen LogP contribution in [0.3, 0.4) is 0 Å². The number of hydrogen-bond donors (Lipinski definition) is 2. The van der Waals surface area contributed by atoms with E-state index in [9.17, 15) is 9.59 Å². The molecule has 6 heteroatoms. The van der Waals surface area contributed by atoms with E-state index in [4.69, 9.17) is 5.21 Å². The molecule has 0 aliphatic carbocycles. The summed E-state index contributed by atoms with van der Waals surface area (Å²) in [7, 11) is 0. The van der Waals surface area contributed by atoms with Gasteiger partial charge in [-0.1, -0.05) is 30.7 Å². The highest BCUT2D eigenvalue weighted by atomic mass is 16.5. The Morgan fingerprint density at radius 1 is 0.893 bits per heavy atom. The largest absolute Gasteiger partial charge is 0.339 e. The number of hydrogen-bond acceptors (Lipinski definition) is 4. The van der Waals surface area contributed by atoms with E-state index in [0.717, 1.165) is 37.1 Å². The molecule has 0 radical (unpaired) electrons. The Labute approximate surface area is 166 Å². The molecule has 0 spiro atoms. The van der Waals surface area contributed by atoms with Gasteiger partial charge in [-0.2, -0.15) is 0 Å². The van der Waals surface area contributed by atoms with Crippen molar-refractivity contribution in [3.63, 3.8) is 0 Å². The first kappa shape index (κ1) is 20.3. The van der Waals surface area contributed by atoms with Gasteiger partial charge in [0, 0.05) is 31.3 Å². The minimum Gasteiger partial charge on any atom is -0.339 e. The van der Waals surface area contributed by atoms with Gasteiger partial charge in [0.2, 0.25) is 5.91 Å². The Kier molecular flexibility index (Phi) is 7.39. The summed E-state index contributed by atoms with van der Waals surface area (Å²) in [5.74, 6) is -0.501. The van der Waals surface area contributed by atoms with Crippen LogP contribution in [0.5, 0.6) is 0 Å². The van der Waals surface area contributed by atoms with Gasteiger partial charge in [0.15, 0.2) is 0 Å². The van der Waals surface area contributed by atoms with Gasteiger partial charge in [0.25, 0.3) is 5.91 Å². The summed E-state index contributed by atoms with van der Waals surface area (Å²) in [6, 6.07) is 8.14. The van der Waals surface area contributed by atoms with Crippen molar-refractivity contribution in [3.05, 3.63) is 47.5 Å². The Balaban J connectivity index is 1.47. The minimum atomic E-state index is -0.571. The molecule has 150 valence electrons. The Morgan fingerprint density at radius 3 is 2.04 bits per heavy atom. The van der Waals surface area contributed by atoms with Crippen molar-refractivity contribution >= 4 is 24.0 Å². The third kappa shape index (κ3) is 5.78. The average molecular weight is 383 g/mol. The number of rotatable bonds is 5. The maximum absolute atomic E-state index is 12.5. The second-order valence-corrected chi connectivity index (χ2v) is 7.46. The predicted molar refractivity (Wildman–Crippen MR) is 109 cm³/mol. The van der Waals surface area contributed by atoms with Crippen LogP contribution >= 0.6 is 0 Å². The molecule has 1 aromatic rings. The van der Waals surface area contributed by atoms with Crippen molar-refractivity contribution in [2.45, 2.75) is 38.1 Å². The quantitative estimate of drug-likeness (QED) is 0.466. The summed E-state index contributed by atoms with van der Waals surface area (Å²) in [5.41, 5.74) is 3.32. The monoisotopic (exact) mass is 383 g/mol. The fourth-order valence-electron chi connectivity index (χ4n) is 3.94. The molecule has 28 heavy (non-hydrogen) atoms. The molecule has 0 aromatic heterocycles. The van der Waals surface area contributed by atoms with Crippen molar-refractivity contribution in [3.8, 4) is 0 Å². The average Bonchev–Trinajstić information content (AvgIpc) is 2.77. The van der Waals surface area contributed by atoms with Crippen LogP contribution in [-0.4, -0.2) is 59.0 Å². The summed E-state index contributed by atoms with van der Waals surface area (Å²) in [6.45, 7) is 4.10. The maximum Gasteiger partial charge on any atom is 0.267 e. The van der Waals surface area contributed by atoms with Crippen LogP contribution in [0, 0.1) is 0 Å². The van der Waals surface area contributed by atoms with Crippen molar-refractivity contribution in [2.75, 3.05) is 26.2 Å². The Bertz CT molecular complexity index is 713. The lowest BCUT2D eigenvalue weighted by Gasteiger charge is -2.40. The van der Waals surface area contributed by atoms with Gasteiger partial charge in [-0.3, -0.25) is 14.8 Å². The first-order chi connectivity index (χ1) is 13.7. The number of nitrogens with zero attached hydrogens (tertiary/aromatic N) is 2. The summed E-state index contributed by atoms with van der Waals surface area (Å²) in [5, 5.41) is 8.47. The van der Waals surface area contributed by atoms with Crippen LogP contribution in [0.1, 0.15) is 43.2 Å². The molecule has 1 aromatic carbocycles. The van der Waals surface area contributed by atoms with Crippen molar-refractivity contribution in [2.24, 2.45) is 0 Å². The second-order valence-electron chi connectivity index (χ2n) is 7.46. The molecule has 2 saturated heterocycles. The van der Waals surface area contributed by atoms with Gasteiger partial charge >= 0.3 is 0 Å². The normalized spacial score (nSPS) is 19.4. The van der Waals surface area contributed by atoms with Gasteiger partial charge in [-0.15, -0.1) is 0 Å². The van der Waals surface area contributed by atoms with Crippen LogP contribution in [0.2, 0.25) is 0 Å². The smallest absolute Gasteiger partial charge is 0.267 e. The minimum absolute atomic E-state index is 0.0701. The fraction of sp³-hybridized carbons (Fsp3) is 0.455. The number of likely N-dealkylation sites (tertiary alicyclic amines) is 2. The standard InChI is InChI=1S/C22H29N3O3/c26-21(23-28)10-8-18-4-6-19(7-5-18)9-11-22(27)25-16-12-20(13-17-25)24-14-2-1-3-15-24/h4-11,20,28H,1-3,12-17H2,(H,23,26)/b10-8+,11-9+. The maximum atomic E-state index is 12.5. The van der Waals surface area contributed by atoms with Gasteiger partial charge in [0.1, 0.15) is 0 Å². The number of carbonyl (C=O) groups excluding carboxylic acids is 2. The van der Waals surface area contributed by atoms with E-state index in [0.29, 0.717) is 6.04 Å². The number of piperidine rings is 2. The molecule has 2 amide bonds. The lowest BCUT2D eigenvalue weighted by molar-refractivity contribution is -0.127. The zero-order chi connectivity index (χ0) is 19.8. The molecular formula is C22H29N3O3. The lowest BCUT2D eigenvalue weighted by Crippen LogP contribution is -2.47. The van der Waals surface area contributed by atoms with Crippen LogP contribution in [-0.2, 0) is 9.59 Å². The second kappa shape index (κ2) is 10.2. The number of amides is 2. The highest BCUT2D eigenvalue weighted by Crippen LogP contribution is 2.21. The predicted octanol–water partition coefficient (Wildman–Crippen LogP) is 2.70. The lowest BCUT2D eigenvalue weighted by atomic mass is 10.00. The third-order valence-corrected chi connectivity index (χ3v) is 5.58. The van der Waals surface area contributed by atoms with E-state index < -0.39 is 5.91 Å². The molecule has 2 heterocycles. The molecule has 2 aliphatic heterocycles. The number of benzene rings is 1. The summed E-state index contributed by atoms with van der Waals surface area (Å²) < 4.78 is 0. The molecule has 6 nitrogen and oxygen atoms in total. The van der Waals surface area contributed by atoms with E-state index in [1.165, 1.54) is 38.4 Å². The van der Waals surface area contributed by atoms with Gasteiger partial charge in [-0.05, 0) is 62.1 Å². The Hall–Kier alpha value is -2.44. The fourth-order valence-corrected chi connectivity index (χ4v) is 3.94. The first-order valence-corrected chi connectivity index (χ1v) is 10.1. The molecule has 0 atom stereocenters. The van der Waals surface area contributed by atoms with E-state index in [1.54, 1.807) is 17.6 Å². The summed E-state index contributed by atoms with van der Waals surface area (Å²) in [6.07, 6.45) is 12.4. The summed E-state index contributed by atoms with van der Waals surface area (Å²) >= 11 is 0. The van der Waals surface area contributed by atoms with Crippen LogP contribution in [0.4, 0.5) is 0 Å². The SMILES string of the molecule is O=C(/C=C/c1ccc(/C=C/C(=O)N2CCC(N3CCCCC3)CC2)cc1)NO.